The number of nitrogens with one attached hydrogen (secondary N) is 1. The molecule has 0 heterocycles. The summed E-state index contributed by atoms with van der Waals surface area (Å²) in [6, 6.07) is 19.8. The SMILES string of the molecule is CSC(=N[C@@H](C)c1ccccc1)Nc1ccc(C#N)cc1. The summed E-state index contributed by atoms with van der Waals surface area (Å²) in [7, 11) is 0. The monoisotopic (exact) mass is 295 g/mol. The number of nitrogens with zero attached hydrogens (tertiary/aromatic N) is 2. The van der Waals surface area contributed by atoms with E-state index in [0.29, 0.717) is 5.56 Å². The van der Waals surface area contributed by atoms with Gasteiger partial charge in [0.05, 0.1) is 17.7 Å². The molecule has 2 rings (SSSR count). The zero-order valence-electron chi connectivity index (χ0n) is 12.1. The van der Waals surface area contributed by atoms with Gasteiger partial charge in [0.1, 0.15) is 0 Å². The zero-order valence-corrected chi connectivity index (χ0v) is 12.9. The van der Waals surface area contributed by atoms with Gasteiger partial charge in [0.25, 0.3) is 0 Å². The number of amidine groups is 1. The van der Waals surface area contributed by atoms with E-state index in [1.54, 1.807) is 23.9 Å². The van der Waals surface area contributed by atoms with Crippen molar-refractivity contribution in [3.63, 3.8) is 0 Å². The molecule has 0 bridgehead atoms. The minimum atomic E-state index is 0.0968. The molecule has 1 N–H and O–H groups in total. The molecule has 0 aliphatic carbocycles. The van der Waals surface area contributed by atoms with Crippen LogP contribution in [0.25, 0.3) is 0 Å². The van der Waals surface area contributed by atoms with Gasteiger partial charge in [-0.25, -0.2) is 0 Å². The van der Waals surface area contributed by atoms with Crippen molar-refractivity contribution >= 4 is 22.6 Å². The molecule has 1 atom stereocenters. The van der Waals surface area contributed by atoms with Gasteiger partial charge in [-0.1, -0.05) is 42.1 Å². The van der Waals surface area contributed by atoms with E-state index in [1.165, 1.54) is 5.56 Å². The normalized spacial score (nSPS) is 12.5. The van der Waals surface area contributed by atoms with E-state index in [-0.39, 0.29) is 6.04 Å². The maximum atomic E-state index is 8.80. The molecule has 2 aromatic carbocycles. The first-order chi connectivity index (χ1) is 10.2. The van der Waals surface area contributed by atoms with Crippen molar-refractivity contribution < 1.29 is 0 Å². The van der Waals surface area contributed by atoms with E-state index >= 15 is 0 Å². The molecule has 3 nitrogen and oxygen atoms in total. The third kappa shape index (κ3) is 4.37. The average molecular weight is 295 g/mol. The van der Waals surface area contributed by atoms with Crippen LogP contribution in [0.2, 0.25) is 0 Å². The van der Waals surface area contributed by atoms with Crippen LogP contribution in [0.15, 0.2) is 59.6 Å². The molecule has 4 heteroatoms. The highest BCUT2D eigenvalue weighted by Crippen LogP contribution is 2.19. The fraction of sp³-hybridized carbons (Fsp3) is 0.176. The van der Waals surface area contributed by atoms with E-state index in [0.717, 1.165) is 10.9 Å². The number of aliphatic imine (C=N–C) groups is 1. The summed E-state index contributed by atoms with van der Waals surface area (Å²) in [5, 5.41) is 12.9. The Morgan fingerprint density at radius 1 is 1.14 bits per heavy atom. The lowest BCUT2D eigenvalue weighted by Crippen LogP contribution is -2.09. The smallest absolute Gasteiger partial charge is 0.161 e. The number of anilines is 1. The highest BCUT2D eigenvalue weighted by atomic mass is 32.2. The second-order valence-corrected chi connectivity index (χ2v) is 5.33. The first-order valence-corrected chi connectivity index (χ1v) is 7.89. The second kappa shape index (κ2) is 7.51. The van der Waals surface area contributed by atoms with Gasteiger partial charge in [-0.3, -0.25) is 4.99 Å². The number of hydrogen-bond donors (Lipinski definition) is 1. The predicted molar refractivity (Wildman–Crippen MR) is 90.6 cm³/mol. The van der Waals surface area contributed by atoms with Crippen LogP contribution in [0.3, 0.4) is 0 Å². The van der Waals surface area contributed by atoms with Gasteiger partial charge < -0.3 is 5.32 Å². The molecule has 0 aliphatic heterocycles. The Balaban J connectivity index is 2.11. The number of hydrogen-bond acceptors (Lipinski definition) is 3. The van der Waals surface area contributed by atoms with Crippen molar-refractivity contribution in [3.05, 3.63) is 65.7 Å². The highest BCUT2D eigenvalue weighted by molar-refractivity contribution is 8.13. The first-order valence-electron chi connectivity index (χ1n) is 6.67. The third-order valence-corrected chi connectivity index (χ3v) is 3.65. The molecule has 2 aromatic rings. The Morgan fingerprint density at radius 3 is 2.38 bits per heavy atom. The minimum Gasteiger partial charge on any atom is -0.335 e. The van der Waals surface area contributed by atoms with Crippen LogP contribution in [-0.2, 0) is 0 Å². The van der Waals surface area contributed by atoms with Crippen molar-refractivity contribution in [1.82, 2.24) is 0 Å². The van der Waals surface area contributed by atoms with E-state index in [2.05, 4.69) is 30.4 Å². The average Bonchev–Trinajstić information content (AvgIpc) is 2.55. The molecule has 0 saturated heterocycles. The summed E-state index contributed by atoms with van der Waals surface area (Å²) in [4.78, 5) is 4.71. The molecule has 0 aromatic heterocycles. The summed E-state index contributed by atoms with van der Waals surface area (Å²) in [6.45, 7) is 2.08. The van der Waals surface area contributed by atoms with Crippen molar-refractivity contribution in [1.29, 1.82) is 5.26 Å². The Labute approximate surface area is 129 Å². The zero-order chi connectivity index (χ0) is 15.1. The molecule has 0 fully saturated rings. The molecule has 0 aliphatic rings. The van der Waals surface area contributed by atoms with Gasteiger partial charge in [0.2, 0.25) is 0 Å². The lowest BCUT2D eigenvalue weighted by molar-refractivity contribution is 0.823. The number of nitriles is 1. The number of rotatable bonds is 3. The van der Waals surface area contributed by atoms with Crippen LogP contribution >= 0.6 is 11.8 Å². The van der Waals surface area contributed by atoms with Crippen molar-refractivity contribution in [3.8, 4) is 6.07 Å². The van der Waals surface area contributed by atoms with Crippen LogP contribution in [0, 0.1) is 11.3 Å². The first kappa shape index (κ1) is 15.1. The van der Waals surface area contributed by atoms with Crippen molar-refractivity contribution in [2.75, 3.05) is 11.6 Å². The van der Waals surface area contributed by atoms with Gasteiger partial charge in [0, 0.05) is 5.69 Å². The van der Waals surface area contributed by atoms with E-state index in [1.807, 2.05) is 36.6 Å². The number of thioether (sulfide) groups is 1. The molecule has 21 heavy (non-hydrogen) atoms. The van der Waals surface area contributed by atoms with Gasteiger partial charge in [-0.15, -0.1) is 0 Å². The molecule has 0 amide bonds. The molecule has 106 valence electrons. The molecule has 0 unspecified atom stereocenters. The Bertz CT molecular complexity index is 642. The Kier molecular flexibility index (Phi) is 5.42. The molecular formula is C17H17N3S. The maximum Gasteiger partial charge on any atom is 0.161 e. The molecule has 0 spiro atoms. The topological polar surface area (TPSA) is 48.2 Å². The van der Waals surface area contributed by atoms with Crippen LogP contribution in [0.5, 0.6) is 0 Å². The van der Waals surface area contributed by atoms with E-state index < -0.39 is 0 Å². The molecular weight excluding hydrogens is 278 g/mol. The molecule has 0 saturated carbocycles. The second-order valence-electron chi connectivity index (χ2n) is 4.54. The summed E-state index contributed by atoms with van der Waals surface area (Å²) < 4.78 is 0. The van der Waals surface area contributed by atoms with Crippen LogP contribution in [0.1, 0.15) is 24.1 Å². The van der Waals surface area contributed by atoms with Crippen molar-refractivity contribution in [2.24, 2.45) is 4.99 Å². The predicted octanol–water partition coefficient (Wildman–Crippen LogP) is 4.45. The fourth-order valence-electron chi connectivity index (χ4n) is 1.87. The number of benzene rings is 2. The van der Waals surface area contributed by atoms with Gasteiger partial charge in [0.15, 0.2) is 5.17 Å². The summed E-state index contributed by atoms with van der Waals surface area (Å²) >= 11 is 1.57. The summed E-state index contributed by atoms with van der Waals surface area (Å²) in [6.07, 6.45) is 1.99. The third-order valence-electron chi connectivity index (χ3n) is 3.05. The standard InChI is InChI=1S/C17H17N3S/c1-13(15-6-4-3-5-7-15)19-17(21-2)20-16-10-8-14(12-18)9-11-16/h3-11,13H,1-2H3,(H,19,20)/t13-/m0/s1. The summed E-state index contributed by atoms with van der Waals surface area (Å²) in [5.74, 6) is 0. The van der Waals surface area contributed by atoms with Gasteiger partial charge in [-0.2, -0.15) is 5.26 Å². The van der Waals surface area contributed by atoms with Crippen molar-refractivity contribution in [2.45, 2.75) is 13.0 Å². The van der Waals surface area contributed by atoms with Crippen LogP contribution in [-0.4, -0.2) is 11.4 Å². The van der Waals surface area contributed by atoms with E-state index in [4.69, 9.17) is 10.3 Å². The minimum absolute atomic E-state index is 0.0968. The van der Waals surface area contributed by atoms with Crippen LogP contribution in [0.4, 0.5) is 5.69 Å². The van der Waals surface area contributed by atoms with E-state index in [9.17, 15) is 0 Å². The summed E-state index contributed by atoms with van der Waals surface area (Å²) in [5.41, 5.74) is 2.77. The quantitative estimate of drug-likeness (QED) is 0.672. The highest BCUT2D eigenvalue weighted by Gasteiger charge is 2.05. The lowest BCUT2D eigenvalue weighted by Gasteiger charge is -2.12. The Morgan fingerprint density at radius 2 is 1.81 bits per heavy atom. The van der Waals surface area contributed by atoms with Gasteiger partial charge in [-0.05, 0) is 43.0 Å². The lowest BCUT2D eigenvalue weighted by atomic mass is 10.1. The fourth-order valence-corrected chi connectivity index (χ4v) is 2.35. The van der Waals surface area contributed by atoms with Crippen LogP contribution < -0.4 is 5.32 Å². The molecule has 0 radical (unpaired) electrons. The Hall–Kier alpha value is -2.25. The maximum absolute atomic E-state index is 8.80. The largest absolute Gasteiger partial charge is 0.335 e. The van der Waals surface area contributed by atoms with Gasteiger partial charge >= 0.3 is 0 Å².